The molecule has 0 spiro atoms. The maximum atomic E-state index is 12.5. The fraction of sp³-hybridized carbons (Fsp3) is 0.176. The minimum Gasteiger partial charge on any atom is -0.420 e. The molecule has 8 heteroatoms. The van der Waals surface area contributed by atoms with Crippen LogP contribution in [0, 0.1) is 6.92 Å². The Morgan fingerprint density at radius 2 is 2.20 bits per heavy atom. The van der Waals surface area contributed by atoms with Crippen molar-refractivity contribution in [3.8, 4) is 10.8 Å². The first-order chi connectivity index (χ1) is 12.1. The molecule has 3 heterocycles. The summed E-state index contributed by atoms with van der Waals surface area (Å²) in [5, 5.41) is 11.0. The van der Waals surface area contributed by atoms with Gasteiger partial charge in [0.15, 0.2) is 0 Å². The van der Waals surface area contributed by atoms with Crippen molar-refractivity contribution in [3.63, 3.8) is 0 Å². The van der Waals surface area contributed by atoms with Gasteiger partial charge in [0.2, 0.25) is 5.89 Å². The molecule has 0 unspecified atom stereocenters. The van der Waals surface area contributed by atoms with Gasteiger partial charge < -0.3 is 14.7 Å². The average molecular weight is 353 g/mol. The number of rotatable bonds is 4. The van der Waals surface area contributed by atoms with E-state index in [2.05, 4.69) is 25.5 Å². The second kappa shape index (κ2) is 6.14. The maximum Gasteiger partial charge on any atom is 0.257 e. The summed E-state index contributed by atoms with van der Waals surface area (Å²) in [6, 6.07) is 7.22. The number of H-pyrrole nitrogens is 1. The Kier molecular flexibility index (Phi) is 3.81. The van der Waals surface area contributed by atoms with Crippen LogP contribution in [0.25, 0.3) is 21.8 Å². The van der Waals surface area contributed by atoms with Crippen LogP contribution in [0.5, 0.6) is 0 Å². The van der Waals surface area contributed by atoms with Gasteiger partial charge in [0, 0.05) is 16.9 Å². The average Bonchev–Trinajstić information content (AvgIpc) is 3.33. The summed E-state index contributed by atoms with van der Waals surface area (Å²) >= 11 is 1.51. The number of nitrogens with zero attached hydrogens (tertiary/aromatic N) is 3. The van der Waals surface area contributed by atoms with Gasteiger partial charge in [-0.3, -0.25) is 4.79 Å². The number of aryl methyl sites for hydroxylation is 2. The van der Waals surface area contributed by atoms with Crippen LogP contribution in [-0.4, -0.2) is 26.1 Å². The van der Waals surface area contributed by atoms with Crippen molar-refractivity contribution in [1.82, 2.24) is 20.2 Å². The molecule has 0 atom stereocenters. The highest BCUT2D eigenvalue weighted by Crippen LogP contribution is 2.33. The van der Waals surface area contributed by atoms with Crippen LogP contribution < -0.4 is 5.32 Å². The molecule has 0 bridgehead atoms. The number of carbonyl (C=O) groups is 1. The lowest BCUT2D eigenvalue weighted by molar-refractivity contribution is 0.102. The number of aromatic amines is 1. The van der Waals surface area contributed by atoms with Crippen LogP contribution in [0.1, 0.15) is 28.0 Å². The molecule has 7 nitrogen and oxygen atoms in total. The summed E-state index contributed by atoms with van der Waals surface area (Å²) in [5.41, 5.74) is 2.96. The molecule has 0 fully saturated rings. The highest BCUT2D eigenvalue weighted by Gasteiger charge is 2.15. The van der Waals surface area contributed by atoms with Crippen molar-refractivity contribution in [1.29, 1.82) is 0 Å². The van der Waals surface area contributed by atoms with E-state index in [4.69, 9.17) is 4.42 Å². The summed E-state index contributed by atoms with van der Waals surface area (Å²) in [6.45, 7) is 3.90. The van der Waals surface area contributed by atoms with Gasteiger partial charge in [-0.2, -0.15) is 0 Å². The van der Waals surface area contributed by atoms with E-state index in [9.17, 15) is 4.79 Å². The zero-order valence-corrected chi connectivity index (χ0v) is 14.5. The van der Waals surface area contributed by atoms with E-state index in [-0.39, 0.29) is 5.91 Å². The highest BCUT2D eigenvalue weighted by atomic mass is 32.1. The molecule has 4 aromatic rings. The van der Waals surface area contributed by atoms with Crippen molar-refractivity contribution in [2.24, 2.45) is 0 Å². The van der Waals surface area contributed by atoms with Gasteiger partial charge in [-0.25, -0.2) is 4.98 Å². The van der Waals surface area contributed by atoms with Crippen molar-refractivity contribution in [3.05, 3.63) is 46.9 Å². The van der Waals surface area contributed by atoms with Crippen molar-refractivity contribution in [2.75, 3.05) is 5.32 Å². The topological polar surface area (TPSA) is 96.7 Å². The Bertz CT molecular complexity index is 1060. The second-order valence-corrected chi connectivity index (χ2v) is 6.78. The smallest absolute Gasteiger partial charge is 0.257 e. The third kappa shape index (κ3) is 2.91. The number of benzene rings is 1. The predicted molar refractivity (Wildman–Crippen MR) is 95.8 cm³/mol. The number of nitrogens with one attached hydrogen (secondary N) is 2. The van der Waals surface area contributed by atoms with E-state index in [1.807, 2.05) is 26.0 Å². The molecule has 0 aliphatic heterocycles. The number of fused-ring (bicyclic) bond motifs is 1. The molecule has 1 amide bonds. The number of aromatic nitrogens is 4. The zero-order chi connectivity index (χ0) is 17.4. The molecular weight excluding hydrogens is 338 g/mol. The summed E-state index contributed by atoms with van der Waals surface area (Å²) in [7, 11) is 0. The van der Waals surface area contributed by atoms with Gasteiger partial charge in [0.25, 0.3) is 11.8 Å². The van der Waals surface area contributed by atoms with Gasteiger partial charge in [-0.1, -0.05) is 6.92 Å². The number of amides is 1. The Morgan fingerprint density at radius 1 is 1.32 bits per heavy atom. The molecule has 1 aromatic carbocycles. The summed E-state index contributed by atoms with van der Waals surface area (Å²) in [4.78, 5) is 21.5. The summed E-state index contributed by atoms with van der Waals surface area (Å²) in [5.74, 6) is 0.896. The normalized spacial score (nSPS) is 11.1. The van der Waals surface area contributed by atoms with Crippen LogP contribution in [-0.2, 0) is 6.42 Å². The van der Waals surface area contributed by atoms with E-state index in [0.29, 0.717) is 23.8 Å². The molecule has 25 heavy (non-hydrogen) atoms. The molecule has 0 saturated carbocycles. The molecule has 4 rings (SSSR count). The number of thiophene rings is 1. The van der Waals surface area contributed by atoms with Gasteiger partial charge in [0.05, 0.1) is 27.9 Å². The quantitative estimate of drug-likeness (QED) is 0.582. The van der Waals surface area contributed by atoms with E-state index in [1.54, 1.807) is 18.5 Å². The number of imidazole rings is 1. The van der Waals surface area contributed by atoms with Crippen LogP contribution in [0.4, 0.5) is 5.69 Å². The number of carbonyl (C=O) groups excluding carboxylic acids is 1. The first-order valence-corrected chi connectivity index (χ1v) is 8.63. The van der Waals surface area contributed by atoms with Crippen molar-refractivity contribution >= 4 is 34.0 Å². The fourth-order valence-corrected chi connectivity index (χ4v) is 3.38. The third-order valence-electron chi connectivity index (χ3n) is 3.83. The third-order valence-corrected chi connectivity index (χ3v) is 4.87. The van der Waals surface area contributed by atoms with Crippen molar-refractivity contribution in [2.45, 2.75) is 20.3 Å². The zero-order valence-electron chi connectivity index (χ0n) is 13.7. The van der Waals surface area contributed by atoms with Crippen LogP contribution >= 0.6 is 11.3 Å². The Hall–Kier alpha value is -3.00. The first-order valence-electron chi connectivity index (χ1n) is 7.81. The largest absolute Gasteiger partial charge is 0.420 e. The standard InChI is InChI=1S/C17H15N5O2S/c1-3-15-21-22-17(24-15)14-7-12(9(2)25-14)20-16(23)10-4-5-11-13(6-10)19-8-18-11/h4-8H,3H2,1-2H3,(H,18,19)(H,20,23). The van der Waals surface area contributed by atoms with Gasteiger partial charge >= 0.3 is 0 Å². The Balaban J connectivity index is 1.58. The van der Waals surface area contributed by atoms with E-state index in [0.717, 1.165) is 26.5 Å². The molecule has 0 aliphatic rings. The lowest BCUT2D eigenvalue weighted by Crippen LogP contribution is -2.11. The minimum atomic E-state index is -0.177. The molecular formula is C17H15N5O2S. The lowest BCUT2D eigenvalue weighted by atomic mass is 10.2. The molecule has 0 saturated heterocycles. The van der Waals surface area contributed by atoms with Gasteiger partial charge in [0.1, 0.15) is 0 Å². The lowest BCUT2D eigenvalue weighted by Gasteiger charge is -2.04. The van der Waals surface area contributed by atoms with Crippen LogP contribution in [0.15, 0.2) is 35.0 Å². The highest BCUT2D eigenvalue weighted by molar-refractivity contribution is 7.15. The predicted octanol–water partition coefficient (Wildman–Crippen LogP) is 3.80. The molecule has 0 aliphatic carbocycles. The number of hydrogen-bond donors (Lipinski definition) is 2. The van der Waals surface area contributed by atoms with E-state index >= 15 is 0 Å². The first kappa shape index (κ1) is 15.5. The fourth-order valence-electron chi connectivity index (χ4n) is 2.48. The molecule has 126 valence electrons. The van der Waals surface area contributed by atoms with Gasteiger partial charge in [-0.15, -0.1) is 21.5 Å². The molecule has 0 radical (unpaired) electrons. The summed E-state index contributed by atoms with van der Waals surface area (Å²) < 4.78 is 5.58. The van der Waals surface area contributed by atoms with E-state index in [1.165, 1.54) is 11.3 Å². The molecule has 3 aromatic heterocycles. The second-order valence-electron chi connectivity index (χ2n) is 5.52. The number of hydrogen-bond acceptors (Lipinski definition) is 6. The van der Waals surface area contributed by atoms with Crippen LogP contribution in [0.2, 0.25) is 0 Å². The number of anilines is 1. The monoisotopic (exact) mass is 353 g/mol. The van der Waals surface area contributed by atoms with Crippen molar-refractivity contribution < 1.29 is 9.21 Å². The molecule has 2 N–H and O–H groups in total. The maximum absolute atomic E-state index is 12.5. The Morgan fingerprint density at radius 3 is 3.00 bits per heavy atom. The van der Waals surface area contributed by atoms with Gasteiger partial charge in [-0.05, 0) is 31.2 Å². The Labute approximate surface area is 147 Å². The minimum absolute atomic E-state index is 0.177. The summed E-state index contributed by atoms with van der Waals surface area (Å²) in [6.07, 6.45) is 2.30. The van der Waals surface area contributed by atoms with E-state index < -0.39 is 0 Å². The SMILES string of the molecule is CCc1nnc(-c2cc(NC(=O)c3ccc4nc[nH]c4c3)c(C)s2)o1. The van der Waals surface area contributed by atoms with Crippen LogP contribution in [0.3, 0.4) is 0 Å².